The molecule has 0 unspecified atom stereocenters. The Morgan fingerprint density at radius 1 is 0.649 bits per heavy atom. The molecule has 5 heteroatoms. The number of hydrogen-bond acceptors (Lipinski definition) is 4. The number of hydrogen-bond donors (Lipinski definition) is 0. The minimum absolute atomic E-state index is 0.333. The van der Waals surface area contributed by atoms with Crippen molar-refractivity contribution in [1.82, 2.24) is 0 Å². The number of carbonyl (C=O) groups is 2. The second-order valence-electron chi connectivity index (χ2n) is 8.54. The predicted octanol–water partition coefficient (Wildman–Crippen LogP) is 6.91. The third-order valence-corrected chi connectivity index (χ3v) is 6.38. The van der Waals surface area contributed by atoms with Gasteiger partial charge in [0, 0.05) is 0 Å². The second-order valence-corrected chi connectivity index (χ2v) is 8.54. The van der Waals surface area contributed by atoms with Gasteiger partial charge in [0.1, 0.15) is 5.82 Å². The Hall–Kier alpha value is -4.77. The van der Waals surface area contributed by atoms with Gasteiger partial charge in [-0.05, 0) is 87.0 Å². The molecular weight excluding hydrogens is 467 g/mol. The molecule has 4 nitrogen and oxygen atoms in total. The van der Waals surface area contributed by atoms with Gasteiger partial charge < -0.3 is 9.47 Å². The zero-order valence-electron chi connectivity index (χ0n) is 20.3. The highest BCUT2D eigenvalue weighted by Gasteiger charge is 2.26. The summed E-state index contributed by atoms with van der Waals surface area (Å²) >= 11 is 0. The molecule has 0 bridgehead atoms. The van der Waals surface area contributed by atoms with E-state index in [0.29, 0.717) is 11.1 Å². The van der Waals surface area contributed by atoms with Crippen molar-refractivity contribution in [3.05, 3.63) is 142 Å². The van der Waals surface area contributed by atoms with E-state index in [1.54, 1.807) is 36.4 Å². The fraction of sp³-hybridized carbons (Fsp3) is 0.0625. The molecule has 4 aromatic rings. The van der Waals surface area contributed by atoms with Crippen molar-refractivity contribution < 1.29 is 23.5 Å². The number of rotatable bonds is 5. The Morgan fingerprint density at radius 3 is 1.78 bits per heavy atom. The normalized spacial score (nSPS) is 13.4. The first-order valence-electron chi connectivity index (χ1n) is 11.7. The molecule has 0 radical (unpaired) electrons. The highest BCUT2D eigenvalue weighted by atomic mass is 19.1. The van der Waals surface area contributed by atoms with Gasteiger partial charge in [-0.25, -0.2) is 14.0 Å². The molecular formula is C32H23FO4. The van der Waals surface area contributed by atoms with Crippen LogP contribution >= 0.6 is 0 Å². The van der Waals surface area contributed by atoms with Crippen LogP contribution in [0, 0.1) is 5.82 Å². The molecule has 0 atom stereocenters. The van der Waals surface area contributed by atoms with Gasteiger partial charge in [0.05, 0.1) is 25.3 Å². The van der Waals surface area contributed by atoms with Gasteiger partial charge in [0.15, 0.2) is 0 Å². The smallest absolute Gasteiger partial charge is 0.337 e. The van der Waals surface area contributed by atoms with Gasteiger partial charge in [0.2, 0.25) is 0 Å². The molecule has 4 aromatic carbocycles. The van der Waals surface area contributed by atoms with E-state index in [0.717, 1.165) is 44.5 Å². The summed E-state index contributed by atoms with van der Waals surface area (Å²) in [5, 5.41) is 0. The number of halogens is 1. The second kappa shape index (κ2) is 10.1. The Balaban J connectivity index is 1.77. The third kappa shape index (κ3) is 4.59. The van der Waals surface area contributed by atoms with Crippen molar-refractivity contribution >= 4 is 34.7 Å². The van der Waals surface area contributed by atoms with Crippen LogP contribution in [0.1, 0.15) is 48.5 Å². The molecule has 37 heavy (non-hydrogen) atoms. The standard InChI is InChI=1S/C32H23FO4/c1-36-31(34)23-12-8-20(9-13-23)27-18-25-16-17-26(33)19-28(25)30(27)29(21-6-4-3-5-7-21)22-10-14-24(15-11-22)32(35)37-2/h3-19H,1-2H3/b30-29-. The van der Waals surface area contributed by atoms with Gasteiger partial charge in [-0.2, -0.15) is 0 Å². The highest BCUT2D eigenvalue weighted by Crippen LogP contribution is 2.47. The molecule has 0 saturated carbocycles. The van der Waals surface area contributed by atoms with Gasteiger partial charge in [0.25, 0.3) is 0 Å². The van der Waals surface area contributed by atoms with Crippen molar-refractivity contribution in [2.45, 2.75) is 0 Å². The molecule has 0 heterocycles. The van der Waals surface area contributed by atoms with Crippen LogP contribution < -0.4 is 0 Å². The highest BCUT2D eigenvalue weighted by molar-refractivity contribution is 6.26. The summed E-state index contributed by atoms with van der Waals surface area (Å²) in [5.41, 5.74) is 7.87. The average molecular weight is 491 g/mol. The summed E-state index contributed by atoms with van der Waals surface area (Å²) in [7, 11) is 2.69. The lowest BCUT2D eigenvalue weighted by atomic mass is 9.85. The number of benzene rings is 4. The van der Waals surface area contributed by atoms with E-state index >= 15 is 0 Å². The van der Waals surface area contributed by atoms with Crippen LogP contribution in [0.4, 0.5) is 4.39 Å². The summed E-state index contributed by atoms with van der Waals surface area (Å²) in [4.78, 5) is 24.0. The number of allylic oxidation sites excluding steroid dienone is 2. The number of methoxy groups -OCH3 is 2. The lowest BCUT2D eigenvalue weighted by molar-refractivity contribution is 0.0592. The fourth-order valence-corrected chi connectivity index (χ4v) is 4.60. The molecule has 1 aliphatic rings. The van der Waals surface area contributed by atoms with Gasteiger partial charge in [-0.15, -0.1) is 0 Å². The van der Waals surface area contributed by atoms with Crippen LogP contribution in [0.2, 0.25) is 0 Å². The van der Waals surface area contributed by atoms with Crippen LogP contribution in [0.15, 0.2) is 97.1 Å². The van der Waals surface area contributed by atoms with Crippen LogP contribution in [-0.2, 0) is 9.47 Å². The first kappa shape index (κ1) is 23.9. The Kier molecular flexibility index (Phi) is 6.52. The van der Waals surface area contributed by atoms with Crippen molar-refractivity contribution in [3.63, 3.8) is 0 Å². The topological polar surface area (TPSA) is 52.6 Å². The number of ether oxygens (including phenoxy) is 2. The largest absolute Gasteiger partial charge is 0.465 e. The summed E-state index contributed by atoms with van der Waals surface area (Å²) in [6.07, 6.45) is 2.03. The van der Waals surface area contributed by atoms with Gasteiger partial charge in [-0.3, -0.25) is 0 Å². The molecule has 0 spiro atoms. The number of esters is 2. The van der Waals surface area contributed by atoms with Crippen LogP contribution in [0.5, 0.6) is 0 Å². The first-order valence-corrected chi connectivity index (χ1v) is 11.7. The maximum Gasteiger partial charge on any atom is 0.337 e. The van der Waals surface area contributed by atoms with E-state index in [9.17, 15) is 14.0 Å². The molecule has 1 aliphatic carbocycles. The van der Waals surface area contributed by atoms with Crippen molar-refractivity contribution in [2.75, 3.05) is 14.2 Å². The van der Waals surface area contributed by atoms with Crippen LogP contribution in [0.25, 0.3) is 22.8 Å². The minimum atomic E-state index is -0.417. The molecule has 182 valence electrons. The summed E-state index contributed by atoms with van der Waals surface area (Å²) in [5.74, 6) is -1.16. The molecule has 0 fully saturated rings. The van der Waals surface area contributed by atoms with Crippen LogP contribution in [0.3, 0.4) is 0 Å². The number of carbonyl (C=O) groups excluding carboxylic acids is 2. The van der Waals surface area contributed by atoms with E-state index in [2.05, 4.69) is 0 Å². The monoisotopic (exact) mass is 490 g/mol. The van der Waals surface area contributed by atoms with Crippen molar-refractivity contribution in [1.29, 1.82) is 0 Å². The first-order chi connectivity index (χ1) is 18.0. The molecule has 0 aromatic heterocycles. The summed E-state index contributed by atoms with van der Waals surface area (Å²) in [6.45, 7) is 0. The van der Waals surface area contributed by atoms with E-state index in [1.807, 2.05) is 60.7 Å². The zero-order chi connectivity index (χ0) is 25.9. The Morgan fingerprint density at radius 2 is 1.19 bits per heavy atom. The Labute approximate surface area is 214 Å². The van der Waals surface area contributed by atoms with Gasteiger partial charge >= 0.3 is 11.9 Å². The van der Waals surface area contributed by atoms with E-state index in [1.165, 1.54) is 20.3 Å². The average Bonchev–Trinajstić information content (AvgIpc) is 3.31. The van der Waals surface area contributed by atoms with Crippen molar-refractivity contribution in [3.8, 4) is 0 Å². The Bertz CT molecular complexity index is 1550. The van der Waals surface area contributed by atoms with E-state index < -0.39 is 11.9 Å². The molecule has 0 aliphatic heterocycles. The lowest BCUT2D eigenvalue weighted by Gasteiger charge is -2.18. The van der Waals surface area contributed by atoms with Crippen molar-refractivity contribution in [2.24, 2.45) is 0 Å². The van der Waals surface area contributed by atoms with Gasteiger partial charge in [-0.1, -0.05) is 60.7 Å². The lowest BCUT2D eigenvalue weighted by Crippen LogP contribution is -2.02. The maximum absolute atomic E-state index is 14.5. The predicted molar refractivity (Wildman–Crippen MR) is 142 cm³/mol. The SMILES string of the molecule is COC(=O)c1ccc(C2=Cc3ccc(F)cc3/C2=C(/c2ccccc2)c2ccc(C(=O)OC)cc2)cc1. The maximum atomic E-state index is 14.5. The van der Waals surface area contributed by atoms with Crippen LogP contribution in [-0.4, -0.2) is 26.2 Å². The summed E-state index contributed by atoms with van der Waals surface area (Å²) < 4.78 is 24.2. The minimum Gasteiger partial charge on any atom is -0.465 e. The quantitative estimate of drug-likeness (QED) is 0.285. The molecule has 5 rings (SSSR count). The summed E-state index contributed by atoms with van der Waals surface area (Å²) in [6, 6.07) is 29.0. The van der Waals surface area contributed by atoms with E-state index in [-0.39, 0.29) is 5.82 Å². The third-order valence-electron chi connectivity index (χ3n) is 6.38. The fourth-order valence-electron chi connectivity index (χ4n) is 4.60. The molecule has 0 saturated heterocycles. The zero-order valence-corrected chi connectivity index (χ0v) is 20.3. The number of fused-ring (bicyclic) bond motifs is 1. The molecule has 0 amide bonds. The molecule has 0 N–H and O–H groups in total. The van der Waals surface area contributed by atoms with E-state index in [4.69, 9.17) is 9.47 Å².